The lowest BCUT2D eigenvalue weighted by Crippen LogP contribution is -2.51. The number of piperazine rings is 1. The fourth-order valence-electron chi connectivity index (χ4n) is 8.30. The van der Waals surface area contributed by atoms with Gasteiger partial charge in [-0.05, 0) is 61.7 Å². The maximum Gasteiger partial charge on any atom is 0.318 e. The van der Waals surface area contributed by atoms with Gasteiger partial charge < -0.3 is 25.0 Å². The molecular formula is C32H36F2N6O3. The Morgan fingerprint density at radius 3 is 2.77 bits per heavy atom. The van der Waals surface area contributed by atoms with Crippen molar-refractivity contribution in [1.82, 2.24) is 20.2 Å². The van der Waals surface area contributed by atoms with Gasteiger partial charge >= 0.3 is 6.01 Å². The highest BCUT2D eigenvalue weighted by Crippen LogP contribution is 2.43. The largest absolute Gasteiger partial charge is 0.508 e. The van der Waals surface area contributed by atoms with E-state index >= 15 is 0 Å². The zero-order valence-corrected chi connectivity index (χ0v) is 24.3. The number of aryl methyl sites for hydroxylation is 1. The van der Waals surface area contributed by atoms with E-state index in [0.717, 1.165) is 32.2 Å². The summed E-state index contributed by atoms with van der Waals surface area (Å²) in [5.74, 6) is -0.0801. The number of rotatable bonds is 6. The van der Waals surface area contributed by atoms with Crippen LogP contribution >= 0.6 is 0 Å². The molecule has 2 aromatic carbocycles. The van der Waals surface area contributed by atoms with Crippen molar-refractivity contribution in [2.24, 2.45) is 0 Å². The minimum atomic E-state index is -0.863. The number of alkyl halides is 1. The van der Waals surface area contributed by atoms with E-state index < -0.39 is 6.17 Å². The van der Waals surface area contributed by atoms with E-state index in [1.165, 1.54) is 12.1 Å². The van der Waals surface area contributed by atoms with E-state index in [1.807, 2.05) is 6.92 Å². The number of anilines is 2. The Morgan fingerprint density at radius 1 is 1.16 bits per heavy atom. The highest BCUT2D eigenvalue weighted by Gasteiger charge is 2.49. The first kappa shape index (κ1) is 27.0. The summed E-state index contributed by atoms with van der Waals surface area (Å²) >= 11 is 0. The molecule has 8 rings (SSSR count). The number of nitrogens with zero attached hydrogens (tertiary/aromatic N) is 5. The van der Waals surface area contributed by atoms with Crippen molar-refractivity contribution in [3.8, 4) is 11.8 Å². The third-order valence-electron chi connectivity index (χ3n) is 10.2. The maximum atomic E-state index is 15.0. The Balaban J connectivity index is 1.20. The lowest BCUT2D eigenvalue weighted by molar-refractivity contribution is 0.0996. The van der Waals surface area contributed by atoms with Crippen molar-refractivity contribution in [1.29, 1.82) is 0 Å². The number of ether oxygens (including phenoxy) is 1. The molecule has 4 saturated heterocycles. The lowest BCUT2D eigenvalue weighted by Gasteiger charge is -2.34. The quantitative estimate of drug-likeness (QED) is 0.444. The molecule has 2 bridgehead atoms. The smallest absolute Gasteiger partial charge is 0.318 e. The minimum absolute atomic E-state index is 0.00275. The molecule has 4 unspecified atom stereocenters. The Morgan fingerprint density at radius 2 is 1.98 bits per heavy atom. The lowest BCUT2D eigenvalue weighted by atomic mass is 9.95. The minimum Gasteiger partial charge on any atom is -0.508 e. The standard InChI is InChI=1S/C32H36F2N6O3/c1-2-23-24(34)7-4-18-10-22(41)11-26(27(18)23)40-16-25-28(30(40)42)29(38-14-20-5-6-21(15-38)35-20)37-31(36-25)43-17-32-8-3-9-39(32)13-19(33)12-32/h4,7,10-11,19-21,35,41H,2-3,5-6,8-9,12-17H2,1H3. The van der Waals surface area contributed by atoms with Crippen LogP contribution in [0.25, 0.3) is 10.8 Å². The first-order chi connectivity index (χ1) is 20.8. The Kier molecular flexibility index (Phi) is 6.27. The highest BCUT2D eigenvalue weighted by molar-refractivity contribution is 6.16. The Labute approximate surface area is 248 Å². The first-order valence-corrected chi connectivity index (χ1v) is 15.5. The molecule has 226 valence electrons. The molecule has 5 aliphatic rings. The molecule has 6 heterocycles. The number of hydrogen-bond acceptors (Lipinski definition) is 8. The van der Waals surface area contributed by atoms with Crippen LogP contribution in [0, 0.1) is 5.82 Å². The van der Waals surface area contributed by atoms with Crippen molar-refractivity contribution in [2.45, 2.75) is 75.8 Å². The van der Waals surface area contributed by atoms with Crippen LogP contribution in [0.5, 0.6) is 11.8 Å². The molecule has 4 fully saturated rings. The van der Waals surface area contributed by atoms with Crippen LogP contribution in [-0.2, 0) is 13.0 Å². The van der Waals surface area contributed by atoms with Gasteiger partial charge in [0.05, 0.1) is 23.5 Å². The summed E-state index contributed by atoms with van der Waals surface area (Å²) in [6, 6.07) is 6.98. The zero-order chi connectivity index (χ0) is 29.5. The van der Waals surface area contributed by atoms with Crippen LogP contribution in [0.3, 0.4) is 0 Å². The van der Waals surface area contributed by atoms with Crippen LogP contribution in [0.2, 0.25) is 0 Å². The normalized spacial score (nSPS) is 28.3. The van der Waals surface area contributed by atoms with Crippen molar-refractivity contribution < 1.29 is 23.4 Å². The zero-order valence-electron chi connectivity index (χ0n) is 24.3. The van der Waals surface area contributed by atoms with E-state index in [-0.39, 0.29) is 35.6 Å². The van der Waals surface area contributed by atoms with E-state index in [2.05, 4.69) is 15.1 Å². The van der Waals surface area contributed by atoms with Gasteiger partial charge in [0.15, 0.2) is 0 Å². The van der Waals surface area contributed by atoms with Gasteiger partial charge in [0.1, 0.15) is 35.7 Å². The van der Waals surface area contributed by atoms with Gasteiger partial charge in [0.25, 0.3) is 5.91 Å². The van der Waals surface area contributed by atoms with Gasteiger partial charge in [-0.15, -0.1) is 0 Å². The van der Waals surface area contributed by atoms with E-state index in [0.29, 0.717) is 90.3 Å². The fourth-order valence-corrected chi connectivity index (χ4v) is 8.30. The summed E-state index contributed by atoms with van der Waals surface area (Å²) < 4.78 is 35.7. The molecule has 0 aliphatic carbocycles. The first-order valence-electron chi connectivity index (χ1n) is 15.5. The van der Waals surface area contributed by atoms with Crippen molar-refractivity contribution in [2.75, 3.05) is 42.6 Å². The van der Waals surface area contributed by atoms with Crippen molar-refractivity contribution in [3.63, 3.8) is 0 Å². The molecule has 1 amide bonds. The van der Waals surface area contributed by atoms with Gasteiger partial charge in [0.2, 0.25) is 0 Å². The summed E-state index contributed by atoms with van der Waals surface area (Å²) in [5, 5.41) is 15.5. The number of aromatic nitrogens is 2. The predicted molar refractivity (Wildman–Crippen MR) is 158 cm³/mol. The molecule has 11 heteroatoms. The van der Waals surface area contributed by atoms with Crippen LogP contribution in [0.1, 0.15) is 60.6 Å². The number of carbonyl (C=O) groups is 1. The summed E-state index contributed by atoms with van der Waals surface area (Å²) in [4.78, 5) is 29.8. The molecule has 1 aromatic heterocycles. The van der Waals surface area contributed by atoms with Gasteiger partial charge in [0, 0.05) is 49.6 Å². The topological polar surface area (TPSA) is 94.1 Å². The second-order valence-corrected chi connectivity index (χ2v) is 12.9. The molecule has 43 heavy (non-hydrogen) atoms. The van der Waals surface area contributed by atoms with E-state index in [1.54, 1.807) is 17.0 Å². The predicted octanol–water partition coefficient (Wildman–Crippen LogP) is 4.09. The second kappa shape index (κ2) is 9.99. The number of carbonyl (C=O) groups excluding carboxylic acids is 1. The average Bonchev–Trinajstić information content (AvgIpc) is 3.72. The monoisotopic (exact) mass is 590 g/mol. The SMILES string of the molecule is CCc1c(F)ccc2cc(O)cc(N3Cc4nc(OCC56CCCN5CC(F)C6)nc(N5CC6CCC(C5)N6)c4C3=O)c12. The van der Waals surface area contributed by atoms with Crippen LogP contribution in [0.15, 0.2) is 24.3 Å². The fraction of sp³-hybridized carbons (Fsp3) is 0.531. The average molecular weight is 591 g/mol. The highest BCUT2D eigenvalue weighted by atomic mass is 19.1. The number of halogens is 2. The maximum absolute atomic E-state index is 15.0. The third-order valence-corrected chi connectivity index (χ3v) is 10.2. The number of nitrogens with one attached hydrogen (secondary N) is 1. The molecule has 4 atom stereocenters. The van der Waals surface area contributed by atoms with Crippen LogP contribution in [-0.4, -0.2) is 82.5 Å². The van der Waals surface area contributed by atoms with Crippen LogP contribution < -0.4 is 19.9 Å². The summed E-state index contributed by atoms with van der Waals surface area (Å²) in [5.41, 5.74) is 1.55. The molecule has 9 nitrogen and oxygen atoms in total. The summed E-state index contributed by atoms with van der Waals surface area (Å²) in [6.45, 7) is 5.05. The Hall–Kier alpha value is -3.57. The van der Waals surface area contributed by atoms with E-state index in [4.69, 9.17) is 14.7 Å². The van der Waals surface area contributed by atoms with E-state index in [9.17, 15) is 18.7 Å². The summed E-state index contributed by atoms with van der Waals surface area (Å²) in [6.07, 6.45) is 4.04. The molecule has 5 aliphatic heterocycles. The van der Waals surface area contributed by atoms with Crippen molar-refractivity contribution >= 4 is 28.2 Å². The summed E-state index contributed by atoms with van der Waals surface area (Å²) in [7, 11) is 0. The Bertz CT molecular complexity index is 1620. The number of aromatic hydroxyl groups is 1. The van der Waals surface area contributed by atoms with Crippen LogP contribution in [0.4, 0.5) is 20.3 Å². The number of benzene rings is 2. The van der Waals surface area contributed by atoms with Crippen molar-refractivity contribution in [3.05, 3.63) is 46.9 Å². The second-order valence-electron chi connectivity index (χ2n) is 12.9. The van der Waals surface area contributed by atoms with Gasteiger partial charge in [-0.1, -0.05) is 13.0 Å². The molecule has 0 saturated carbocycles. The number of hydrogen-bond donors (Lipinski definition) is 2. The molecule has 0 spiro atoms. The number of fused-ring (bicyclic) bond motifs is 5. The molecule has 0 radical (unpaired) electrons. The molecule has 2 N–H and O–H groups in total. The van der Waals surface area contributed by atoms with Gasteiger partial charge in [-0.2, -0.15) is 9.97 Å². The van der Waals surface area contributed by atoms with Gasteiger partial charge in [-0.25, -0.2) is 8.78 Å². The number of phenols is 1. The molecule has 3 aromatic rings. The number of amides is 1. The number of phenolic OH excluding ortho intramolecular Hbond substituents is 1. The molecular weight excluding hydrogens is 554 g/mol. The van der Waals surface area contributed by atoms with Gasteiger partial charge in [-0.3, -0.25) is 9.69 Å². The third kappa shape index (κ3) is 4.34.